The van der Waals surface area contributed by atoms with Gasteiger partial charge in [0.05, 0.1) is 22.9 Å². The number of pyridine rings is 1. The van der Waals surface area contributed by atoms with Crippen LogP contribution in [0, 0.1) is 11.8 Å². The fraction of sp³-hybridized carbons (Fsp3) is 0.500. The van der Waals surface area contributed by atoms with Crippen LogP contribution in [0.1, 0.15) is 119 Å². The van der Waals surface area contributed by atoms with Crippen LogP contribution in [-0.2, 0) is 16.1 Å². The van der Waals surface area contributed by atoms with Crippen LogP contribution < -0.4 is 16.0 Å². The lowest BCUT2D eigenvalue weighted by atomic mass is 9.85. The number of nitrogens with one attached hydrogen (secondary N) is 3. The summed E-state index contributed by atoms with van der Waals surface area (Å²) in [6.07, 6.45) is 9.30. The molecule has 0 spiro atoms. The largest absolute Gasteiger partial charge is 0.444 e. The van der Waals surface area contributed by atoms with Gasteiger partial charge in [-0.3, -0.25) is 43.8 Å². The summed E-state index contributed by atoms with van der Waals surface area (Å²) in [5.74, 6) is -0.691. The zero-order valence-corrected chi connectivity index (χ0v) is 34.5. The quantitative estimate of drug-likeness (QED) is 0.132. The standard InChI is InChI=1S/C44H50F2N10O6/c1-53(29-14-17-54(18-15-29)22-28-3-2-4-31-37(28)44(61)56(43(31)60)34-11-12-36(57)51-41(34)59)21-26-7-9-30(10-8-26)55-23-32(38(52-55)39(45)46)49-40(58)33-24-62-42(50-33)27-13-16-47-35(19-27)48-20-25-5-6-25/h2-4,13,16,19,23-26,29-30,34,39H,5-12,14-15,17-18,20-22H2,1H3,(H,47,48)(H,49,58)(H,51,57,59). The van der Waals surface area contributed by atoms with Gasteiger partial charge in [0.2, 0.25) is 17.7 Å². The zero-order chi connectivity index (χ0) is 43.1. The van der Waals surface area contributed by atoms with Gasteiger partial charge in [0.15, 0.2) is 11.4 Å². The van der Waals surface area contributed by atoms with Crippen molar-refractivity contribution in [2.75, 3.05) is 43.9 Å². The number of benzene rings is 1. The van der Waals surface area contributed by atoms with E-state index in [0.29, 0.717) is 46.9 Å². The molecule has 3 aromatic heterocycles. The highest BCUT2D eigenvalue weighted by Gasteiger charge is 2.45. The zero-order valence-electron chi connectivity index (χ0n) is 34.5. The number of amides is 5. The summed E-state index contributed by atoms with van der Waals surface area (Å²) in [7, 11) is 2.15. The van der Waals surface area contributed by atoms with Crippen molar-refractivity contribution in [3.8, 4) is 11.5 Å². The van der Waals surface area contributed by atoms with Crippen molar-refractivity contribution in [1.29, 1.82) is 0 Å². The Kier molecular flexibility index (Phi) is 11.7. The van der Waals surface area contributed by atoms with E-state index in [1.54, 1.807) is 35.1 Å². The van der Waals surface area contributed by atoms with Gasteiger partial charge in [0.25, 0.3) is 24.1 Å². The Morgan fingerprint density at radius 1 is 0.984 bits per heavy atom. The van der Waals surface area contributed by atoms with Crippen molar-refractivity contribution in [3.05, 3.63) is 77.1 Å². The molecular formula is C44H50F2N10O6. The molecule has 3 aliphatic heterocycles. The number of carbonyl (C=O) groups is 5. The summed E-state index contributed by atoms with van der Waals surface area (Å²) in [6, 6.07) is 8.07. The average molecular weight is 853 g/mol. The third-order valence-electron chi connectivity index (χ3n) is 13.1. The van der Waals surface area contributed by atoms with Gasteiger partial charge in [-0.2, -0.15) is 5.10 Å². The highest BCUT2D eigenvalue weighted by atomic mass is 19.3. The molecule has 4 fully saturated rings. The fourth-order valence-electron chi connectivity index (χ4n) is 9.40. The topological polar surface area (TPSA) is 188 Å². The molecule has 62 heavy (non-hydrogen) atoms. The normalized spacial score (nSPS) is 22.4. The van der Waals surface area contributed by atoms with Gasteiger partial charge < -0.3 is 20.0 Å². The number of hydrogen-bond acceptors (Lipinski definition) is 12. The van der Waals surface area contributed by atoms with Crippen LogP contribution >= 0.6 is 0 Å². The van der Waals surface area contributed by atoms with Gasteiger partial charge in [0, 0.05) is 50.1 Å². The lowest BCUT2D eigenvalue weighted by Gasteiger charge is -2.39. The van der Waals surface area contributed by atoms with E-state index in [2.05, 4.69) is 47.9 Å². The molecule has 0 radical (unpaired) electrons. The highest BCUT2D eigenvalue weighted by molar-refractivity contribution is 6.24. The van der Waals surface area contributed by atoms with E-state index >= 15 is 0 Å². The Bertz CT molecular complexity index is 2360. The van der Waals surface area contributed by atoms with Crippen LogP contribution in [0.25, 0.3) is 11.5 Å². The maximum absolute atomic E-state index is 14.2. The van der Waals surface area contributed by atoms with E-state index in [4.69, 9.17) is 4.42 Å². The van der Waals surface area contributed by atoms with Crippen LogP contribution in [-0.4, -0.2) is 109 Å². The summed E-state index contributed by atoms with van der Waals surface area (Å²) in [6.45, 7) is 3.89. The molecule has 18 heteroatoms. The van der Waals surface area contributed by atoms with E-state index in [-0.39, 0.29) is 36.2 Å². The first kappa shape index (κ1) is 41.5. The van der Waals surface area contributed by atoms with Crippen molar-refractivity contribution in [3.63, 3.8) is 0 Å². The lowest BCUT2D eigenvalue weighted by molar-refractivity contribution is -0.136. The molecule has 3 N–H and O–H groups in total. The Morgan fingerprint density at radius 2 is 1.76 bits per heavy atom. The second-order valence-electron chi connectivity index (χ2n) is 17.4. The Morgan fingerprint density at radius 3 is 2.50 bits per heavy atom. The fourth-order valence-corrected chi connectivity index (χ4v) is 9.40. The van der Waals surface area contributed by atoms with E-state index in [9.17, 15) is 32.8 Å². The first-order chi connectivity index (χ1) is 30.0. The summed E-state index contributed by atoms with van der Waals surface area (Å²) in [5, 5.41) is 12.4. The summed E-state index contributed by atoms with van der Waals surface area (Å²) in [5.41, 5.74) is 1.44. The van der Waals surface area contributed by atoms with Crippen LogP contribution in [0.2, 0.25) is 0 Å². The predicted molar refractivity (Wildman–Crippen MR) is 221 cm³/mol. The van der Waals surface area contributed by atoms with Crippen LogP contribution in [0.15, 0.2) is 53.4 Å². The van der Waals surface area contributed by atoms with Crippen molar-refractivity contribution in [1.82, 2.24) is 39.8 Å². The molecule has 9 rings (SSSR count). The minimum Gasteiger partial charge on any atom is -0.444 e. The van der Waals surface area contributed by atoms with Crippen molar-refractivity contribution >= 4 is 41.0 Å². The number of piperidine rings is 2. The third kappa shape index (κ3) is 8.75. The van der Waals surface area contributed by atoms with Crippen molar-refractivity contribution < 1.29 is 37.2 Å². The number of aromatic nitrogens is 4. The number of nitrogens with zero attached hydrogens (tertiary/aromatic N) is 7. The summed E-state index contributed by atoms with van der Waals surface area (Å²) >= 11 is 0. The molecular weight excluding hydrogens is 803 g/mol. The molecule has 2 saturated heterocycles. The molecule has 2 saturated carbocycles. The first-order valence-electron chi connectivity index (χ1n) is 21.6. The molecule has 0 bridgehead atoms. The smallest absolute Gasteiger partial charge is 0.284 e. The van der Waals surface area contributed by atoms with E-state index in [1.165, 1.54) is 25.3 Å². The Balaban J connectivity index is 0.748. The van der Waals surface area contributed by atoms with Gasteiger partial charge >= 0.3 is 0 Å². The monoisotopic (exact) mass is 852 g/mol. The van der Waals surface area contributed by atoms with Gasteiger partial charge in [-0.25, -0.2) is 18.7 Å². The molecule has 5 amide bonds. The SMILES string of the molecule is CN(CC1CCC(n2cc(NC(=O)c3coc(-c4ccnc(NCC5CC5)c4)n3)c(C(F)F)n2)CC1)C1CCN(Cc2cccc3c2C(=O)N(C2CCC(=O)NC2=O)C3=O)CC1. The molecule has 326 valence electrons. The second-order valence-corrected chi connectivity index (χ2v) is 17.4. The number of imide groups is 2. The van der Waals surface area contributed by atoms with E-state index in [0.717, 1.165) is 75.2 Å². The summed E-state index contributed by atoms with van der Waals surface area (Å²) < 4.78 is 35.6. The molecule has 2 aliphatic carbocycles. The number of hydrogen-bond donors (Lipinski definition) is 3. The maximum atomic E-state index is 14.2. The number of likely N-dealkylation sites (tertiary alicyclic amines) is 1. The minimum absolute atomic E-state index is 0.0406. The van der Waals surface area contributed by atoms with Gasteiger partial charge in [0.1, 0.15) is 18.1 Å². The number of fused-ring (bicyclic) bond motifs is 1. The van der Waals surface area contributed by atoms with Crippen LogP contribution in [0.4, 0.5) is 20.3 Å². The number of alkyl halides is 2. The first-order valence-corrected chi connectivity index (χ1v) is 21.6. The molecule has 1 atom stereocenters. The second kappa shape index (κ2) is 17.5. The number of carbonyl (C=O) groups excluding carboxylic acids is 5. The summed E-state index contributed by atoms with van der Waals surface area (Å²) in [4.78, 5) is 78.7. The molecule has 1 aromatic carbocycles. The van der Waals surface area contributed by atoms with Crippen LogP contribution in [0.3, 0.4) is 0 Å². The lowest BCUT2D eigenvalue weighted by Crippen LogP contribution is -2.54. The number of rotatable bonds is 14. The average Bonchev–Trinajstić information content (AvgIpc) is 3.67. The van der Waals surface area contributed by atoms with Crippen LogP contribution in [0.5, 0.6) is 0 Å². The maximum Gasteiger partial charge on any atom is 0.284 e. The van der Waals surface area contributed by atoms with Crippen molar-refractivity contribution in [2.45, 2.75) is 95.3 Å². The van der Waals surface area contributed by atoms with E-state index in [1.807, 2.05) is 6.07 Å². The molecule has 1 unspecified atom stereocenters. The minimum atomic E-state index is -2.88. The van der Waals surface area contributed by atoms with Crippen molar-refractivity contribution in [2.24, 2.45) is 11.8 Å². The Hall–Kier alpha value is -5.88. The molecule has 16 nitrogen and oxygen atoms in total. The molecule has 5 aliphatic rings. The van der Waals surface area contributed by atoms with Gasteiger partial charge in [-0.1, -0.05) is 12.1 Å². The molecule has 6 heterocycles. The number of oxazole rings is 1. The van der Waals surface area contributed by atoms with Gasteiger partial charge in [-0.05, 0) is 114 Å². The third-order valence-corrected chi connectivity index (χ3v) is 13.1. The number of anilines is 2. The number of halogens is 2. The Labute approximate surface area is 356 Å². The molecule has 4 aromatic rings. The predicted octanol–water partition coefficient (Wildman–Crippen LogP) is 5.67. The van der Waals surface area contributed by atoms with E-state index < -0.39 is 47.7 Å². The van der Waals surface area contributed by atoms with Gasteiger partial charge in [-0.15, -0.1) is 0 Å². The highest BCUT2D eigenvalue weighted by Crippen LogP contribution is 2.37.